The number of fused-ring (bicyclic) bond motifs is 1. The number of amidine groups is 1. The minimum absolute atomic E-state index is 0.0256. The van der Waals surface area contributed by atoms with Crippen molar-refractivity contribution in [1.29, 1.82) is 5.26 Å². The lowest BCUT2D eigenvalue weighted by molar-refractivity contribution is -0.153. The third kappa shape index (κ3) is 1.95. The molecule has 24 heavy (non-hydrogen) atoms. The molecular formula is C17H22N6O. The molecule has 3 aliphatic rings. The van der Waals surface area contributed by atoms with Gasteiger partial charge in [0.15, 0.2) is 0 Å². The minimum Gasteiger partial charge on any atom is -0.354 e. The lowest BCUT2D eigenvalue weighted by Crippen LogP contribution is -2.69. The average molecular weight is 326 g/mol. The number of carbonyl (C=O) groups is 1. The fourth-order valence-corrected chi connectivity index (χ4v) is 4.37. The number of hydrogen-bond donors (Lipinski definition) is 1. The van der Waals surface area contributed by atoms with Gasteiger partial charge < -0.3 is 19.7 Å². The van der Waals surface area contributed by atoms with Crippen LogP contribution >= 0.6 is 0 Å². The summed E-state index contributed by atoms with van der Waals surface area (Å²) in [7, 11) is 2.03. The van der Waals surface area contributed by atoms with Crippen LogP contribution in [0, 0.1) is 17.2 Å². The van der Waals surface area contributed by atoms with Crippen molar-refractivity contribution >= 4 is 17.6 Å². The number of nitrogens with zero attached hydrogens (tertiary/aromatic N) is 5. The number of amides is 1. The Balaban J connectivity index is 1.57. The molecule has 4 rings (SSSR count). The molecule has 2 fully saturated rings. The largest absolute Gasteiger partial charge is 0.354 e. The first-order valence-corrected chi connectivity index (χ1v) is 8.42. The number of nitriles is 1. The standard InChI is InChI=1S/C17H22N6O/c1-12-9-23(14(24)3-6-18)17(12)5-8-22(10-17)16-13-4-7-19-15(13)21(2)11-20-16/h4,7,12,19H,3,5,8-11H2,1-2H3/t12-,17-/m0/s1. The molecule has 7 heteroatoms. The summed E-state index contributed by atoms with van der Waals surface area (Å²) in [5, 5.41) is 8.83. The van der Waals surface area contributed by atoms with Gasteiger partial charge >= 0.3 is 0 Å². The van der Waals surface area contributed by atoms with Crippen molar-refractivity contribution in [2.24, 2.45) is 10.9 Å². The molecule has 0 saturated carbocycles. The van der Waals surface area contributed by atoms with Gasteiger partial charge in [0.05, 0.1) is 17.2 Å². The predicted octanol–water partition coefficient (Wildman–Crippen LogP) is 1.01. The molecule has 7 nitrogen and oxygen atoms in total. The SMILES string of the molecule is C[C@H]1CN(C(=O)CC#N)[C@]12CCN(C1=NCN(C)c3[nH]ccc31)C2. The maximum Gasteiger partial charge on any atom is 0.237 e. The van der Waals surface area contributed by atoms with Gasteiger partial charge in [-0.15, -0.1) is 0 Å². The zero-order valence-corrected chi connectivity index (χ0v) is 14.1. The van der Waals surface area contributed by atoms with Crippen LogP contribution in [0.15, 0.2) is 17.3 Å². The molecule has 0 bridgehead atoms. The Morgan fingerprint density at radius 3 is 3.17 bits per heavy atom. The summed E-state index contributed by atoms with van der Waals surface area (Å²) in [5.41, 5.74) is 0.999. The van der Waals surface area contributed by atoms with Crippen LogP contribution in [-0.4, -0.2) is 65.4 Å². The smallest absolute Gasteiger partial charge is 0.237 e. The number of hydrogen-bond acceptors (Lipinski definition) is 5. The highest BCUT2D eigenvalue weighted by molar-refractivity contribution is 6.04. The Morgan fingerprint density at radius 2 is 2.42 bits per heavy atom. The molecule has 3 aliphatic heterocycles. The van der Waals surface area contributed by atoms with E-state index in [1.165, 1.54) is 0 Å². The Labute approximate surface area is 141 Å². The summed E-state index contributed by atoms with van der Waals surface area (Å²) in [4.78, 5) is 26.6. The summed E-state index contributed by atoms with van der Waals surface area (Å²) in [6.07, 6.45) is 2.87. The molecule has 1 aromatic rings. The van der Waals surface area contributed by atoms with Crippen molar-refractivity contribution in [2.75, 3.05) is 38.3 Å². The highest BCUT2D eigenvalue weighted by Gasteiger charge is 2.56. The number of anilines is 1. The Morgan fingerprint density at radius 1 is 1.58 bits per heavy atom. The van der Waals surface area contributed by atoms with E-state index in [0.29, 0.717) is 12.6 Å². The van der Waals surface area contributed by atoms with Crippen LogP contribution < -0.4 is 4.90 Å². The van der Waals surface area contributed by atoms with Crippen LogP contribution in [0.5, 0.6) is 0 Å². The maximum atomic E-state index is 12.3. The fourth-order valence-electron chi connectivity index (χ4n) is 4.37. The average Bonchev–Trinajstić information content (AvgIpc) is 3.22. The number of nitrogens with one attached hydrogen (secondary N) is 1. The van der Waals surface area contributed by atoms with Gasteiger partial charge in [0.25, 0.3) is 0 Å². The third-order valence-electron chi connectivity index (χ3n) is 5.80. The molecule has 0 unspecified atom stereocenters. The Hall–Kier alpha value is -2.49. The molecule has 1 spiro atoms. The molecule has 1 amide bonds. The van der Waals surface area contributed by atoms with Crippen molar-refractivity contribution in [1.82, 2.24) is 14.8 Å². The van der Waals surface area contributed by atoms with E-state index in [-0.39, 0.29) is 17.9 Å². The van der Waals surface area contributed by atoms with Crippen LogP contribution in [-0.2, 0) is 4.79 Å². The van der Waals surface area contributed by atoms with E-state index >= 15 is 0 Å². The molecule has 2 atom stereocenters. The Kier molecular flexibility index (Phi) is 3.30. The zero-order chi connectivity index (χ0) is 16.9. The van der Waals surface area contributed by atoms with E-state index in [9.17, 15) is 4.79 Å². The number of carbonyl (C=O) groups excluding carboxylic acids is 1. The second-order valence-electron chi connectivity index (χ2n) is 7.08. The molecule has 2 saturated heterocycles. The van der Waals surface area contributed by atoms with Gasteiger partial charge in [-0.3, -0.25) is 4.79 Å². The van der Waals surface area contributed by atoms with Gasteiger partial charge in [-0.2, -0.15) is 5.26 Å². The summed E-state index contributed by atoms with van der Waals surface area (Å²) in [6.45, 7) is 5.31. The quantitative estimate of drug-likeness (QED) is 0.835. The molecule has 0 radical (unpaired) electrons. The summed E-state index contributed by atoms with van der Waals surface area (Å²) in [5.74, 6) is 2.54. The Bertz CT molecular complexity index is 747. The van der Waals surface area contributed by atoms with Crippen molar-refractivity contribution < 1.29 is 4.79 Å². The molecule has 0 aliphatic carbocycles. The van der Waals surface area contributed by atoms with Crippen LogP contribution in [0.1, 0.15) is 25.3 Å². The van der Waals surface area contributed by atoms with Crippen molar-refractivity contribution in [3.05, 3.63) is 17.8 Å². The predicted molar refractivity (Wildman–Crippen MR) is 90.6 cm³/mol. The first-order valence-electron chi connectivity index (χ1n) is 8.42. The lowest BCUT2D eigenvalue weighted by Gasteiger charge is -2.56. The molecule has 1 N–H and O–H groups in total. The topological polar surface area (TPSA) is 78.7 Å². The zero-order valence-electron chi connectivity index (χ0n) is 14.1. The summed E-state index contributed by atoms with van der Waals surface area (Å²) < 4.78 is 0. The highest BCUT2D eigenvalue weighted by Crippen LogP contribution is 2.44. The summed E-state index contributed by atoms with van der Waals surface area (Å²) in [6, 6.07) is 4.06. The minimum atomic E-state index is -0.129. The lowest BCUT2D eigenvalue weighted by atomic mass is 9.74. The molecule has 4 heterocycles. The van der Waals surface area contributed by atoms with E-state index in [0.717, 1.165) is 43.3 Å². The maximum absolute atomic E-state index is 12.3. The monoisotopic (exact) mass is 326 g/mol. The molecular weight excluding hydrogens is 304 g/mol. The van der Waals surface area contributed by atoms with Crippen molar-refractivity contribution in [3.63, 3.8) is 0 Å². The number of aliphatic imine (C=N–C) groups is 1. The molecule has 126 valence electrons. The highest BCUT2D eigenvalue weighted by atomic mass is 16.2. The van der Waals surface area contributed by atoms with E-state index in [2.05, 4.69) is 27.8 Å². The van der Waals surface area contributed by atoms with E-state index < -0.39 is 0 Å². The second kappa shape index (κ2) is 5.26. The normalized spacial score (nSPS) is 28.5. The number of aromatic amines is 1. The van der Waals surface area contributed by atoms with Crippen LogP contribution in [0.25, 0.3) is 0 Å². The van der Waals surface area contributed by atoms with Gasteiger partial charge in [0.1, 0.15) is 24.7 Å². The number of rotatable bonds is 1. The van der Waals surface area contributed by atoms with E-state index in [4.69, 9.17) is 10.3 Å². The molecule has 1 aromatic heterocycles. The van der Waals surface area contributed by atoms with Crippen LogP contribution in [0.4, 0.5) is 5.82 Å². The first kappa shape index (κ1) is 15.1. The third-order valence-corrected chi connectivity index (χ3v) is 5.80. The van der Waals surface area contributed by atoms with Gasteiger partial charge in [-0.05, 0) is 18.4 Å². The number of likely N-dealkylation sites (tertiary alicyclic amines) is 2. The van der Waals surface area contributed by atoms with Crippen molar-refractivity contribution in [2.45, 2.75) is 25.3 Å². The number of H-pyrrole nitrogens is 1. The van der Waals surface area contributed by atoms with Crippen LogP contribution in [0.2, 0.25) is 0 Å². The molecule has 0 aromatic carbocycles. The first-order chi connectivity index (χ1) is 11.6. The number of aromatic nitrogens is 1. The van der Waals surface area contributed by atoms with Gasteiger partial charge in [0, 0.05) is 32.9 Å². The van der Waals surface area contributed by atoms with Crippen molar-refractivity contribution in [3.8, 4) is 6.07 Å². The van der Waals surface area contributed by atoms with Gasteiger partial charge in [0.2, 0.25) is 5.91 Å². The van der Waals surface area contributed by atoms with E-state index in [1.807, 2.05) is 24.2 Å². The second-order valence-corrected chi connectivity index (χ2v) is 7.08. The van der Waals surface area contributed by atoms with Gasteiger partial charge in [-0.25, -0.2) is 4.99 Å². The fraction of sp³-hybridized carbons (Fsp3) is 0.588. The van der Waals surface area contributed by atoms with Crippen LogP contribution in [0.3, 0.4) is 0 Å². The van der Waals surface area contributed by atoms with Gasteiger partial charge in [-0.1, -0.05) is 6.92 Å². The summed E-state index contributed by atoms with van der Waals surface area (Å²) >= 11 is 0. The van der Waals surface area contributed by atoms with E-state index in [1.54, 1.807) is 0 Å².